The van der Waals surface area contributed by atoms with Crippen molar-refractivity contribution in [2.24, 2.45) is 5.92 Å². The highest BCUT2D eigenvalue weighted by molar-refractivity contribution is 5.96. The molecule has 0 aliphatic carbocycles. The minimum Gasteiger partial charge on any atom is -0.463 e. The molecule has 1 N–H and O–H groups in total. The van der Waals surface area contributed by atoms with E-state index in [1.807, 2.05) is 30.3 Å². The average Bonchev–Trinajstić information content (AvgIpc) is 3.25. The van der Waals surface area contributed by atoms with Crippen LogP contribution < -0.4 is 5.32 Å². The number of benzene rings is 1. The molecule has 1 aromatic carbocycles. The van der Waals surface area contributed by atoms with Crippen LogP contribution in [0.4, 0.5) is 0 Å². The van der Waals surface area contributed by atoms with Gasteiger partial charge in [0.25, 0.3) is 5.91 Å². The number of rotatable bonds is 9. The van der Waals surface area contributed by atoms with Crippen molar-refractivity contribution in [3.8, 4) is 0 Å². The van der Waals surface area contributed by atoms with Crippen LogP contribution in [-0.4, -0.2) is 35.8 Å². The van der Waals surface area contributed by atoms with Crippen LogP contribution >= 0.6 is 0 Å². The van der Waals surface area contributed by atoms with Gasteiger partial charge in [0.15, 0.2) is 5.76 Å². The third-order valence-corrected chi connectivity index (χ3v) is 5.73. The largest absolute Gasteiger partial charge is 0.463 e. The van der Waals surface area contributed by atoms with Gasteiger partial charge in [0.05, 0.1) is 18.7 Å². The van der Waals surface area contributed by atoms with Gasteiger partial charge in [-0.05, 0) is 43.9 Å². The number of allylic oxidation sites excluding steroid dienone is 1. The fraction of sp³-hybridized carbons (Fsp3) is 0.423. The van der Waals surface area contributed by atoms with Crippen molar-refractivity contribution in [3.63, 3.8) is 0 Å². The molecule has 1 unspecified atom stereocenters. The first kappa shape index (κ1) is 24.3. The van der Waals surface area contributed by atoms with Gasteiger partial charge in [0, 0.05) is 24.6 Å². The van der Waals surface area contributed by atoms with E-state index >= 15 is 0 Å². The minimum atomic E-state index is -0.425. The molecule has 7 nitrogen and oxygen atoms in total. The number of nitrogens with one attached hydrogen (secondary N) is 1. The Kier molecular flexibility index (Phi) is 8.09. The Hall–Kier alpha value is -3.35. The average molecular weight is 453 g/mol. The summed E-state index contributed by atoms with van der Waals surface area (Å²) in [6.07, 6.45) is 1.03. The van der Waals surface area contributed by atoms with E-state index in [9.17, 15) is 14.4 Å². The van der Waals surface area contributed by atoms with Crippen LogP contribution in [0.3, 0.4) is 0 Å². The predicted octanol–water partition coefficient (Wildman–Crippen LogP) is 4.41. The first-order valence-corrected chi connectivity index (χ1v) is 11.4. The molecule has 33 heavy (non-hydrogen) atoms. The smallest absolute Gasteiger partial charge is 0.336 e. The molecule has 176 valence electrons. The van der Waals surface area contributed by atoms with Crippen LogP contribution in [0.5, 0.6) is 0 Å². The normalized spacial score (nSPS) is 16.3. The van der Waals surface area contributed by atoms with Gasteiger partial charge in [0.2, 0.25) is 5.91 Å². The summed E-state index contributed by atoms with van der Waals surface area (Å²) >= 11 is 0. The highest BCUT2D eigenvalue weighted by Gasteiger charge is 2.37. The SMILES string of the molecule is CCOC(=O)C1=C(C)N(Cc2ccc(C(=O)NCCC(C)C)o2)C(=O)CC1c1ccccc1. The molecule has 3 rings (SSSR count). The summed E-state index contributed by atoms with van der Waals surface area (Å²) in [5.74, 6) is -0.0283. The van der Waals surface area contributed by atoms with Crippen LogP contribution in [0, 0.1) is 5.92 Å². The van der Waals surface area contributed by atoms with E-state index in [0.717, 1.165) is 12.0 Å². The van der Waals surface area contributed by atoms with Crippen LogP contribution in [-0.2, 0) is 20.9 Å². The number of carbonyl (C=O) groups excluding carboxylic acids is 3. The molecule has 2 heterocycles. The summed E-state index contributed by atoms with van der Waals surface area (Å²) in [5.41, 5.74) is 1.91. The van der Waals surface area contributed by atoms with Crippen molar-refractivity contribution < 1.29 is 23.5 Å². The molecule has 7 heteroatoms. The number of ether oxygens (including phenoxy) is 1. The molecule has 0 fully saturated rings. The van der Waals surface area contributed by atoms with Crippen LogP contribution in [0.25, 0.3) is 0 Å². The van der Waals surface area contributed by atoms with Crippen LogP contribution in [0.1, 0.15) is 68.3 Å². The third-order valence-electron chi connectivity index (χ3n) is 5.73. The molecule has 0 spiro atoms. The highest BCUT2D eigenvalue weighted by Crippen LogP contribution is 2.37. The Morgan fingerprint density at radius 1 is 1.18 bits per heavy atom. The molecule has 1 atom stereocenters. The highest BCUT2D eigenvalue weighted by atomic mass is 16.5. The monoisotopic (exact) mass is 452 g/mol. The maximum atomic E-state index is 13.1. The standard InChI is InChI=1S/C26H32N2O5/c1-5-32-26(31)24-18(4)28(23(29)15-21(24)19-9-7-6-8-10-19)16-20-11-12-22(33-20)25(30)27-14-13-17(2)3/h6-12,17,21H,5,13-16H2,1-4H3,(H,27,30). The van der Waals surface area contributed by atoms with Gasteiger partial charge in [-0.3, -0.25) is 9.59 Å². The second-order valence-electron chi connectivity index (χ2n) is 8.57. The number of esters is 1. The third kappa shape index (κ3) is 5.92. The first-order chi connectivity index (χ1) is 15.8. The van der Waals surface area contributed by atoms with Crippen molar-refractivity contribution in [1.82, 2.24) is 10.2 Å². The summed E-state index contributed by atoms with van der Waals surface area (Å²) in [5, 5.41) is 2.84. The van der Waals surface area contributed by atoms with Gasteiger partial charge in [-0.15, -0.1) is 0 Å². The number of hydrogen-bond acceptors (Lipinski definition) is 5. The van der Waals surface area contributed by atoms with Crippen molar-refractivity contribution in [3.05, 3.63) is 70.8 Å². The van der Waals surface area contributed by atoms with E-state index in [2.05, 4.69) is 19.2 Å². The second kappa shape index (κ2) is 11.0. The van der Waals surface area contributed by atoms with E-state index in [-0.39, 0.29) is 43.1 Å². The molecular formula is C26H32N2O5. The van der Waals surface area contributed by atoms with Gasteiger partial charge in [-0.25, -0.2) is 4.79 Å². The lowest BCUT2D eigenvalue weighted by atomic mass is 9.83. The quantitative estimate of drug-likeness (QED) is 0.570. The van der Waals surface area contributed by atoms with Crippen LogP contribution in [0.2, 0.25) is 0 Å². The molecule has 1 aliphatic rings. The molecule has 1 aromatic heterocycles. The maximum Gasteiger partial charge on any atom is 0.336 e. The maximum absolute atomic E-state index is 13.1. The van der Waals surface area contributed by atoms with Crippen molar-refractivity contribution >= 4 is 17.8 Å². The number of amides is 2. The lowest BCUT2D eigenvalue weighted by Crippen LogP contribution is -2.38. The lowest BCUT2D eigenvalue weighted by Gasteiger charge is -2.34. The summed E-state index contributed by atoms with van der Waals surface area (Å²) < 4.78 is 11.0. The van der Waals surface area contributed by atoms with E-state index < -0.39 is 5.97 Å². The fourth-order valence-electron chi connectivity index (χ4n) is 3.95. The molecule has 1 aliphatic heterocycles. The molecule has 0 radical (unpaired) electrons. The molecule has 0 saturated carbocycles. The number of nitrogens with zero attached hydrogens (tertiary/aromatic N) is 1. The molecule has 0 saturated heterocycles. The Balaban J connectivity index is 1.82. The summed E-state index contributed by atoms with van der Waals surface area (Å²) in [7, 11) is 0. The lowest BCUT2D eigenvalue weighted by molar-refractivity contribution is -0.140. The van der Waals surface area contributed by atoms with E-state index in [1.54, 1.807) is 26.0 Å². The van der Waals surface area contributed by atoms with E-state index in [4.69, 9.17) is 9.15 Å². The summed E-state index contributed by atoms with van der Waals surface area (Å²) in [4.78, 5) is 39.8. The number of carbonyl (C=O) groups is 3. The summed E-state index contributed by atoms with van der Waals surface area (Å²) in [6.45, 7) is 8.65. The van der Waals surface area contributed by atoms with Crippen LogP contribution in [0.15, 0.2) is 58.2 Å². The molecular weight excluding hydrogens is 420 g/mol. The topological polar surface area (TPSA) is 88.8 Å². The fourth-order valence-corrected chi connectivity index (χ4v) is 3.95. The molecule has 2 aromatic rings. The Labute approximate surface area is 194 Å². The van der Waals surface area contributed by atoms with Gasteiger partial charge in [-0.1, -0.05) is 44.2 Å². The van der Waals surface area contributed by atoms with Gasteiger partial charge < -0.3 is 19.4 Å². The predicted molar refractivity (Wildman–Crippen MR) is 124 cm³/mol. The minimum absolute atomic E-state index is 0.117. The number of furan rings is 1. The zero-order valence-electron chi connectivity index (χ0n) is 19.7. The number of hydrogen-bond donors (Lipinski definition) is 1. The summed E-state index contributed by atoms with van der Waals surface area (Å²) in [6, 6.07) is 12.8. The van der Waals surface area contributed by atoms with Crippen molar-refractivity contribution in [2.45, 2.75) is 53.0 Å². The van der Waals surface area contributed by atoms with Gasteiger partial charge in [0.1, 0.15) is 5.76 Å². The zero-order valence-corrected chi connectivity index (χ0v) is 19.7. The van der Waals surface area contributed by atoms with Crippen molar-refractivity contribution in [2.75, 3.05) is 13.2 Å². The van der Waals surface area contributed by atoms with Gasteiger partial charge >= 0.3 is 5.97 Å². The molecule has 2 amide bonds. The second-order valence-corrected chi connectivity index (χ2v) is 8.57. The Morgan fingerprint density at radius 3 is 2.58 bits per heavy atom. The Morgan fingerprint density at radius 2 is 1.91 bits per heavy atom. The van der Waals surface area contributed by atoms with Crippen molar-refractivity contribution in [1.29, 1.82) is 0 Å². The Bertz CT molecular complexity index is 1020. The molecule has 0 bridgehead atoms. The van der Waals surface area contributed by atoms with E-state index in [0.29, 0.717) is 29.5 Å². The van der Waals surface area contributed by atoms with E-state index in [1.165, 1.54) is 4.90 Å². The first-order valence-electron chi connectivity index (χ1n) is 11.4. The van der Waals surface area contributed by atoms with Gasteiger partial charge in [-0.2, -0.15) is 0 Å². The zero-order chi connectivity index (χ0) is 24.0.